The second-order valence-electron chi connectivity index (χ2n) is 9.93. The normalized spacial score (nSPS) is 15.4. The molecule has 44 heavy (non-hydrogen) atoms. The largest absolute Gasteiger partial charge is 0.573 e. The van der Waals surface area contributed by atoms with Gasteiger partial charge in [-0.3, -0.25) is 18.9 Å². The van der Waals surface area contributed by atoms with E-state index in [0.717, 1.165) is 41.5 Å². The lowest BCUT2D eigenvalue weighted by molar-refractivity contribution is -0.274. The van der Waals surface area contributed by atoms with Crippen LogP contribution in [0.4, 0.5) is 13.2 Å². The molecule has 5 rings (SSSR count). The Kier molecular flexibility index (Phi) is 10.1. The number of hydrogen-bond acceptors (Lipinski definition) is 8. The first-order valence-electron chi connectivity index (χ1n) is 14.0. The number of aromatic amines is 1. The van der Waals surface area contributed by atoms with Gasteiger partial charge in [0.1, 0.15) is 24.7 Å². The summed E-state index contributed by atoms with van der Waals surface area (Å²) < 4.78 is 66.8. The van der Waals surface area contributed by atoms with Crippen molar-refractivity contribution in [3.05, 3.63) is 80.0 Å². The first-order chi connectivity index (χ1) is 21.2. The van der Waals surface area contributed by atoms with E-state index in [1.807, 2.05) is 0 Å². The molecule has 3 heterocycles. The molecule has 1 unspecified atom stereocenters. The van der Waals surface area contributed by atoms with Gasteiger partial charge in [-0.05, 0) is 55.5 Å². The standard InChI is InChI=1S/C29H30ClF3N4O7/c30-20-10-8-19(9-11-20)18-37-24-25(34-27(39)36(26(24)38)12-4-14-42-23-7-1-2-13-41-23)35-28(37)43-16-15-40-21-5-3-6-22(17-21)44-29(31,32)33/h3,5-6,8-11,17,23H,1-2,4,7,12-16,18H2,(H,34,39). The van der Waals surface area contributed by atoms with E-state index in [4.69, 9.17) is 30.5 Å². The summed E-state index contributed by atoms with van der Waals surface area (Å²) in [6.45, 7) is 1.11. The maximum atomic E-state index is 13.6. The molecular formula is C29H30ClF3N4O7. The predicted octanol–water partition coefficient (Wildman–Crippen LogP) is 4.88. The minimum Gasteiger partial charge on any atom is -0.490 e. The van der Waals surface area contributed by atoms with Gasteiger partial charge in [0.15, 0.2) is 17.5 Å². The fourth-order valence-electron chi connectivity index (χ4n) is 4.69. The number of ether oxygens (including phenoxy) is 5. The smallest absolute Gasteiger partial charge is 0.490 e. The van der Waals surface area contributed by atoms with Gasteiger partial charge in [0.25, 0.3) is 11.6 Å². The Bertz CT molecular complexity index is 1660. The Morgan fingerprint density at radius 2 is 1.77 bits per heavy atom. The van der Waals surface area contributed by atoms with E-state index in [9.17, 15) is 22.8 Å². The summed E-state index contributed by atoms with van der Waals surface area (Å²) in [5.41, 5.74) is -0.210. The molecule has 0 radical (unpaired) electrons. The van der Waals surface area contributed by atoms with Crippen LogP contribution in [0.2, 0.25) is 5.02 Å². The van der Waals surface area contributed by atoms with Crippen molar-refractivity contribution in [3.8, 4) is 17.5 Å². The molecule has 0 bridgehead atoms. The summed E-state index contributed by atoms with van der Waals surface area (Å²) in [4.78, 5) is 33.4. The van der Waals surface area contributed by atoms with Crippen LogP contribution in [-0.2, 0) is 22.6 Å². The van der Waals surface area contributed by atoms with Crippen LogP contribution in [0.3, 0.4) is 0 Å². The third-order valence-electron chi connectivity index (χ3n) is 6.69. The van der Waals surface area contributed by atoms with Gasteiger partial charge in [-0.25, -0.2) is 4.79 Å². The molecule has 1 aliphatic heterocycles. The van der Waals surface area contributed by atoms with Gasteiger partial charge in [-0.1, -0.05) is 29.8 Å². The minimum atomic E-state index is -4.83. The third-order valence-corrected chi connectivity index (χ3v) is 6.95. The molecule has 4 aromatic rings. The molecule has 1 atom stereocenters. The molecule has 236 valence electrons. The van der Waals surface area contributed by atoms with Gasteiger partial charge in [-0.2, -0.15) is 4.98 Å². The van der Waals surface area contributed by atoms with Crippen molar-refractivity contribution < 1.29 is 36.9 Å². The molecule has 0 amide bonds. The number of aromatic nitrogens is 4. The van der Waals surface area contributed by atoms with E-state index in [-0.39, 0.29) is 55.5 Å². The Morgan fingerprint density at radius 1 is 1.00 bits per heavy atom. The quantitative estimate of drug-likeness (QED) is 0.206. The number of alkyl halides is 3. The zero-order valence-electron chi connectivity index (χ0n) is 23.5. The number of benzene rings is 2. The first kappa shape index (κ1) is 31.4. The van der Waals surface area contributed by atoms with Crippen LogP contribution < -0.4 is 25.5 Å². The molecule has 0 aliphatic carbocycles. The zero-order valence-corrected chi connectivity index (χ0v) is 24.2. The average molecular weight is 639 g/mol. The number of hydrogen-bond donors (Lipinski definition) is 1. The summed E-state index contributed by atoms with van der Waals surface area (Å²) in [7, 11) is 0. The average Bonchev–Trinajstić information content (AvgIpc) is 3.32. The number of nitrogens with zero attached hydrogens (tertiary/aromatic N) is 3. The molecule has 2 aromatic heterocycles. The van der Waals surface area contributed by atoms with Crippen LogP contribution in [0.1, 0.15) is 31.2 Å². The van der Waals surface area contributed by atoms with Gasteiger partial charge in [-0.15, -0.1) is 13.2 Å². The highest BCUT2D eigenvalue weighted by molar-refractivity contribution is 6.30. The second kappa shape index (κ2) is 14.2. The number of fused-ring (bicyclic) bond motifs is 1. The number of nitrogens with one attached hydrogen (secondary N) is 1. The van der Waals surface area contributed by atoms with Gasteiger partial charge in [0.2, 0.25) is 0 Å². The van der Waals surface area contributed by atoms with Crippen LogP contribution in [0, 0.1) is 0 Å². The number of halogens is 4. The first-order valence-corrected chi connectivity index (χ1v) is 14.4. The minimum absolute atomic E-state index is 0.0380. The summed E-state index contributed by atoms with van der Waals surface area (Å²) in [6, 6.07) is 12.1. The third kappa shape index (κ3) is 8.33. The topological polar surface area (TPSA) is 119 Å². The monoisotopic (exact) mass is 638 g/mol. The summed E-state index contributed by atoms with van der Waals surface area (Å²) >= 11 is 6.04. The maximum Gasteiger partial charge on any atom is 0.573 e. The molecular weight excluding hydrogens is 609 g/mol. The number of rotatable bonds is 13. The van der Waals surface area contributed by atoms with Crippen LogP contribution in [0.15, 0.2) is 58.1 Å². The van der Waals surface area contributed by atoms with E-state index in [1.165, 1.54) is 16.7 Å². The fraction of sp³-hybridized carbons (Fsp3) is 0.414. The lowest BCUT2D eigenvalue weighted by Crippen LogP contribution is -2.36. The molecule has 1 aliphatic rings. The van der Waals surface area contributed by atoms with E-state index in [2.05, 4.69) is 14.7 Å². The predicted molar refractivity (Wildman–Crippen MR) is 153 cm³/mol. The van der Waals surface area contributed by atoms with Gasteiger partial charge in [0.05, 0.1) is 13.2 Å². The Labute approximate surface area is 254 Å². The van der Waals surface area contributed by atoms with Crippen molar-refractivity contribution in [2.24, 2.45) is 0 Å². The SMILES string of the molecule is O=c1[nH]c2nc(OCCOc3cccc(OC(F)(F)F)c3)n(Cc3ccc(Cl)cc3)c2c(=O)n1CCCOC1CCCCO1. The lowest BCUT2D eigenvalue weighted by Gasteiger charge is -2.22. The molecule has 0 spiro atoms. The van der Waals surface area contributed by atoms with E-state index >= 15 is 0 Å². The van der Waals surface area contributed by atoms with Crippen LogP contribution in [0.5, 0.6) is 17.5 Å². The van der Waals surface area contributed by atoms with E-state index < -0.39 is 23.4 Å². The molecule has 11 nitrogen and oxygen atoms in total. The molecule has 1 fully saturated rings. The highest BCUT2D eigenvalue weighted by atomic mass is 35.5. The number of H-pyrrole nitrogens is 1. The van der Waals surface area contributed by atoms with Gasteiger partial charge >= 0.3 is 12.1 Å². The summed E-state index contributed by atoms with van der Waals surface area (Å²) in [6.07, 6.45) is -1.86. The van der Waals surface area contributed by atoms with Crippen LogP contribution >= 0.6 is 11.6 Å². The molecule has 2 aromatic carbocycles. The van der Waals surface area contributed by atoms with Gasteiger partial charge < -0.3 is 23.7 Å². The molecule has 1 saturated heterocycles. The van der Waals surface area contributed by atoms with Crippen LogP contribution in [-0.4, -0.2) is 58.2 Å². The van der Waals surface area contributed by atoms with E-state index in [1.54, 1.807) is 24.3 Å². The van der Waals surface area contributed by atoms with E-state index in [0.29, 0.717) is 24.7 Å². The lowest BCUT2D eigenvalue weighted by atomic mass is 10.2. The fourth-order valence-corrected chi connectivity index (χ4v) is 4.82. The van der Waals surface area contributed by atoms with Gasteiger partial charge in [0, 0.05) is 24.2 Å². The van der Waals surface area contributed by atoms with Crippen molar-refractivity contribution in [3.63, 3.8) is 0 Å². The zero-order chi connectivity index (χ0) is 31.1. The van der Waals surface area contributed by atoms with Crippen molar-refractivity contribution in [2.45, 2.75) is 51.4 Å². The van der Waals surface area contributed by atoms with Crippen molar-refractivity contribution >= 4 is 22.8 Å². The summed E-state index contributed by atoms with van der Waals surface area (Å²) in [5, 5.41) is 0.537. The Morgan fingerprint density at radius 3 is 2.52 bits per heavy atom. The van der Waals surface area contributed by atoms with Crippen molar-refractivity contribution in [1.82, 2.24) is 19.1 Å². The Hall–Kier alpha value is -4.01. The molecule has 15 heteroatoms. The number of imidazole rings is 1. The maximum absolute atomic E-state index is 13.6. The highest BCUT2D eigenvalue weighted by Gasteiger charge is 2.31. The highest BCUT2D eigenvalue weighted by Crippen LogP contribution is 2.26. The van der Waals surface area contributed by atoms with Crippen molar-refractivity contribution in [1.29, 1.82) is 0 Å². The summed E-state index contributed by atoms with van der Waals surface area (Å²) in [5.74, 6) is -0.286. The van der Waals surface area contributed by atoms with Crippen LogP contribution in [0.25, 0.3) is 11.2 Å². The Balaban J connectivity index is 1.32. The molecule has 0 saturated carbocycles. The van der Waals surface area contributed by atoms with Crippen molar-refractivity contribution in [2.75, 3.05) is 26.4 Å². The second-order valence-corrected chi connectivity index (χ2v) is 10.4. The molecule has 1 N–H and O–H groups in total.